The highest BCUT2D eigenvalue weighted by Gasteiger charge is 2.18. The molecule has 3 N–H and O–H groups in total. The van der Waals surface area contributed by atoms with Crippen LogP contribution >= 0.6 is 0 Å². The molecule has 0 heterocycles. The van der Waals surface area contributed by atoms with E-state index in [0.29, 0.717) is 12.1 Å². The van der Waals surface area contributed by atoms with Crippen LogP contribution in [0.25, 0.3) is 0 Å². The minimum atomic E-state index is 0.364. The molecule has 1 saturated carbocycles. The number of rotatable bonds is 5. The van der Waals surface area contributed by atoms with Crippen LogP contribution in [0.1, 0.15) is 39.0 Å². The van der Waals surface area contributed by atoms with E-state index >= 15 is 0 Å². The van der Waals surface area contributed by atoms with E-state index in [1.54, 1.807) is 0 Å². The number of nitrogens with one attached hydrogen (secondary N) is 1. The maximum absolute atomic E-state index is 6.00. The van der Waals surface area contributed by atoms with Crippen molar-refractivity contribution in [3.05, 3.63) is 24.3 Å². The van der Waals surface area contributed by atoms with Gasteiger partial charge in [-0.25, -0.2) is 0 Å². The molecular weight excluding hydrogens is 224 g/mol. The van der Waals surface area contributed by atoms with Gasteiger partial charge in [0, 0.05) is 17.8 Å². The highest BCUT2D eigenvalue weighted by atomic mass is 16.5. The van der Waals surface area contributed by atoms with Gasteiger partial charge in [0.2, 0.25) is 0 Å². The van der Waals surface area contributed by atoms with Gasteiger partial charge in [-0.05, 0) is 56.4 Å². The Balaban J connectivity index is 1.85. The summed E-state index contributed by atoms with van der Waals surface area (Å²) in [5.74, 6) is 0.947. The highest BCUT2D eigenvalue weighted by molar-refractivity contribution is 5.47. The molecule has 18 heavy (non-hydrogen) atoms. The largest absolute Gasteiger partial charge is 0.494 e. The van der Waals surface area contributed by atoms with Gasteiger partial charge in [-0.3, -0.25) is 0 Å². The van der Waals surface area contributed by atoms with E-state index in [1.165, 1.54) is 19.3 Å². The second-order valence-corrected chi connectivity index (χ2v) is 5.14. The molecule has 1 aromatic rings. The van der Waals surface area contributed by atoms with Crippen molar-refractivity contribution in [3.8, 4) is 5.75 Å². The SMILES string of the molecule is CCCOc1ccc(NC2CCCC(N)C2)cc1. The smallest absolute Gasteiger partial charge is 0.119 e. The molecule has 1 aliphatic carbocycles. The van der Waals surface area contributed by atoms with Gasteiger partial charge < -0.3 is 15.8 Å². The molecule has 2 unspecified atom stereocenters. The molecule has 1 aromatic carbocycles. The third-order valence-electron chi connectivity index (χ3n) is 3.41. The van der Waals surface area contributed by atoms with Gasteiger partial charge in [0.15, 0.2) is 0 Å². The van der Waals surface area contributed by atoms with Gasteiger partial charge in [-0.2, -0.15) is 0 Å². The molecule has 0 spiro atoms. The Labute approximate surface area is 110 Å². The number of benzene rings is 1. The molecule has 3 heteroatoms. The second kappa shape index (κ2) is 6.64. The lowest BCUT2D eigenvalue weighted by molar-refractivity contribution is 0.317. The summed E-state index contributed by atoms with van der Waals surface area (Å²) in [6, 6.07) is 9.12. The molecule has 2 atom stereocenters. The summed E-state index contributed by atoms with van der Waals surface area (Å²) in [4.78, 5) is 0. The fraction of sp³-hybridized carbons (Fsp3) is 0.600. The fourth-order valence-corrected chi connectivity index (χ4v) is 2.46. The van der Waals surface area contributed by atoms with Crippen molar-refractivity contribution in [3.63, 3.8) is 0 Å². The molecule has 100 valence electrons. The van der Waals surface area contributed by atoms with E-state index in [2.05, 4.69) is 24.4 Å². The van der Waals surface area contributed by atoms with E-state index in [9.17, 15) is 0 Å². The summed E-state index contributed by atoms with van der Waals surface area (Å²) in [6.45, 7) is 2.90. The maximum atomic E-state index is 6.00. The zero-order chi connectivity index (χ0) is 12.8. The highest BCUT2D eigenvalue weighted by Crippen LogP contribution is 2.22. The number of hydrogen-bond donors (Lipinski definition) is 2. The predicted molar refractivity (Wildman–Crippen MR) is 76.1 cm³/mol. The average molecular weight is 248 g/mol. The molecule has 0 saturated heterocycles. The van der Waals surface area contributed by atoms with Gasteiger partial charge in [0.05, 0.1) is 6.61 Å². The third-order valence-corrected chi connectivity index (χ3v) is 3.41. The monoisotopic (exact) mass is 248 g/mol. The van der Waals surface area contributed by atoms with E-state index < -0.39 is 0 Å². The third kappa shape index (κ3) is 3.91. The summed E-state index contributed by atoms with van der Waals surface area (Å²) in [7, 11) is 0. The molecule has 0 amide bonds. The lowest BCUT2D eigenvalue weighted by Crippen LogP contribution is -2.34. The first-order chi connectivity index (χ1) is 8.78. The summed E-state index contributed by atoms with van der Waals surface area (Å²) in [5, 5.41) is 3.56. The van der Waals surface area contributed by atoms with Gasteiger partial charge in [0.1, 0.15) is 5.75 Å². The molecule has 0 aliphatic heterocycles. The summed E-state index contributed by atoms with van der Waals surface area (Å²) < 4.78 is 5.57. The Morgan fingerprint density at radius 2 is 2.06 bits per heavy atom. The van der Waals surface area contributed by atoms with Crippen LogP contribution in [-0.2, 0) is 0 Å². The lowest BCUT2D eigenvalue weighted by atomic mass is 9.91. The Morgan fingerprint density at radius 3 is 2.72 bits per heavy atom. The molecule has 3 nitrogen and oxygen atoms in total. The van der Waals surface area contributed by atoms with Crippen LogP contribution in [0.4, 0.5) is 5.69 Å². The molecule has 2 rings (SSSR count). The van der Waals surface area contributed by atoms with E-state index in [-0.39, 0.29) is 0 Å². The molecule has 0 aromatic heterocycles. The normalized spacial score (nSPS) is 23.7. The lowest BCUT2D eigenvalue weighted by Gasteiger charge is -2.28. The van der Waals surface area contributed by atoms with E-state index in [0.717, 1.165) is 30.9 Å². The zero-order valence-corrected chi connectivity index (χ0v) is 11.2. The number of ether oxygens (including phenoxy) is 1. The van der Waals surface area contributed by atoms with Crippen LogP contribution in [0.15, 0.2) is 24.3 Å². The molecule has 0 radical (unpaired) electrons. The topological polar surface area (TPSA) is 47.3 Å². The van der Waals surface area contributed by atoms with Crippen molar-refractivity contribution in [2.75, 3.05) is 11.9 Å². The first-order valence-electron chi connectivity index (χ1n) is 7.03. The summed E-state index contributed by atoms with van der Waals surface area (Å²) in [5.41, 5.74) is 7.16. The van der Waals surface area contributed by atoms with Gasteiger partial charge >= 0.3 is 0 Å². The van der Waals surface area contributed by atoms with Crippen molar-refractivity contribution in [2.24, 2.45) is 5.73 Å². The van der Waals surface area contributed by atoms with Crippen LogP contribution in [0.2, 0.25) is 0 Å². The number of nitrogens with two attached hydrogens (primary N) is 1. The van der Waals surface area contributed by atoms with Crippen molar-refractivity contribution in [2.45, 2.75) is 51.1 Å². The molecule has 0 bridgehead atoms. The minimum Gasteiger partial charge on any atom is -0.494 e. The van der Waals surface area contributed by atoms with E-state index in [1.807, 2.05) is 12.1 Å². The molecule has 1 aliphatic rings. The van der Waals surface area contributed by atoms with E-state index in [4.69, 9.17) is 10.5 Å². The standard InChI is InChI=1S/C15H24N2O/c1-2-10-18-15-8-6-13(7-9-15)17-14-5-3-4-12(16)11-14/h6-9,12,14,17H,2-5,10-11,16H2,1H3. The molecular formula is C15H24N2O. The van der Waals surface area contributed by atoms with Crippen LogP contribution in [0.5, 0.6) is 5.75 Å². The van der Waals surface area contributed by atoms with Crippen molar-refractivity contribution in [1.29, 1.82) is 0 Å². The van der Waals surface area contributed by atoms with Crippen LogP contribution < -0.4 is 15.8 Å². The number of hydrogen-bond acceptors (Lipinski definition) is 3. The Bertz CT molecular complexity index is 350. The first-order valence-corrected chi connectivity index (χ1v) is 7.03. The van der Waals surface area contributed by atoms with Gasteiger partial charge in [-0.15, -0.1) is 0 Å². The fourth-order valence-electron chi connectivity index (χ4n) is 2.46. The zero-order valence-electron chi connectivity index (χ0n) is 11.2. The predicted octanol–water partition coefficient (Wildman–Crippen LogP) is 3.16. The Morgan fingerprint density at radius 1 is 1.28 bits per heavy atom. The Kier molecular flexibility index (Phi) is 4.88. The van der Waals surface area contributed by atoms with Gasteiger partial charge in [-0.1, -0.05) is 6.92 Å². The van der Waals surface area contributed by atoms with Crippen molar-refractivity contribution in [1.82, 2.24) is 0 Å². The van der Waals surface area contributed by atoms with Gasteiger partial charge in [0.25, 0.3) is 0 Å². The summed E-state index contributed by atoms with van der Waals surface area (Å²) in [6.07, 6.45) is 5.74. The quantitative estimate of drug-likeness (QED) is 0.841. The van der Waals surface area contributed by atoms with Crippen LogP contribution in [-0.4, -0.2) is 18.7 Å². The minimum absolute atomic E-state index is 0.364. The van der Waals surface area contributed by atoms with Crippen LogP contribution in [0, 0.1) is 0 Å². The van der Waals surface area contributed by atoms with Crippen molar-refractivity contribution < 1.29 is 4.74 Å². The maximum Gasteiger partial charge on any atom is 0.119 e. The Hall–Kier alpha value is -1.22. The first kappa shape index (κ1) is 13.2. The number of anilines is 1. The molecule has 1 fully saturated rings. The average Bonchev–Trinajstić information content (AvgIpc) is 2.38. The summed E-state index contributed by atoms with van der Waals surface area (Å²) >= 11 is 0. The second-order valence-electron chi connectivity index (χ2n) is 5.14. The van der Waals surface area contributed by atoms with Crippen molar-refractivity contribution >= 4 is 5.69 Å². The van der Waals surface area contributed by atoms with Crippen LogP contribution in [0.3, 0.4) is 0 Å².